The topological polar surface area (TPSA) is 89.2 Å². The number of ether oxygens (including phenoxy) is 1. The van der Waals surface area contributed by atoms with E-state index in [1.165, 1.54) is 0 Å². The Balaban J connectivity index is -0.000000256. The van der Waals surface area contributed by atoms with E-state index in [1.54, 1.807) is 11.0 Å². The zero-order chi connectivity index (χ0) is 19.0. The average Bonchev–Trinajstić information content (AvgIpc) is 2.54. The number of carbonyl (C=O) groups excluding carboxylic acids is 1. The Morgan fingerprint density at radius 1 is 1.00 bits per heavy atom. The van der Waals surface area contributed by atoms with Gasteiger partial charge >= 0.3 is 40.0 Å². The molecular weight excluding hydrogens is 418 g/mol. The summed E-state index contributed by atoms with van der Waals surface area (Å²) in [4.78, 5) is 13.7. The molecule has 24 heavy (non-hydrogen) atoms. The van der Waals surface area contributed by atoms with Gasteiger partial charge in [0.2, 0.25) is 0 Å². The molecule has 0 N–H and O–H groups in total. The fourth-order valence-electron chi connectivity index (χ4n) is 1.69. The van der Waals surface area contributed by atoms with Crippen LogP contribution in [0.2, 0.25) is 0 Å². The Hall–Kier alpha value is -1.28. The van der Waals surface area contributed by atoms with Crippen molar-refractivity contribution >= 4 is 22.0 Å². The maximum Gasteiger partial charge on any atom is 0 e. The fraction of sp³-hybridized carbons (Fsp3) is 0.375. The monoisotopic (exact) mass is 435 g/mol. The molecule has 1 rings (SSSR count). The van der Waals surface area contributed by atoms with Gasteiger partial charge in [0.05, 0.1) is 4.47 Å². The van der Waals surface area contributed by atoms with Crippen LogP contribution in [0.25, 0.3) is 0 Å². The fourth-order valence-corrected chi connectivity index (χ4v) is 2.06. The molecule has 0 saturated carbocycles. The molecule has 0 aromatic heterocycles. The average molecular weight is 436 g/mol. The van der Waals surface area contributed by atoms with Crippen LogP contribution in [0.5, 0.6) is 5.75 Å². The van der Waals surface area contributed by atoms with Gasteiger partial charge in [-0.1, -0.05) is 12.1 Å². The second-order valence-electron chi connectivity index (χ2n) is 4.39. The summed E-state index contributed by atoms with van der Waals surface area (Å²) in [6.07, 6.45) is -0.318. The van der Waals surface area contributed by atoms with Crippen LogP contribution in [0.15, 0.2) is 28.7 Å². The quantitative estimate of drug-likeness (QED) is 0.531. The molecule has 1 amide bonds. The summed E-state index contributed by atoms with van der Waals surface area (Å²) < 4.78 is 28.6. The first kappa shape index (κ1) is 30.6. The summed E-state index contributed by atoms with van der Waals surface area (Å²) in [5.41, 5.74) is 0. The van der Waals surface area contributed by atoms with Crippen molar-refractivity contribution in [3.8, 4) is 5.75 Å². The van der Waals surface area contributed by atoms with E-state index in [9.17, 15) is 4.79 Å². The van der Waals surface area contributed by atoms with Crippen LogP contribution in [0.4, 0.5) is 4.79 Å². The van der Waals surface area contributed by atoms with E-state index in [-0.39, 0.29) is 35.5 Å². The van der Waals surface area contributed by atoms with Gasteiger partial charge in [-0.15, -0.1) is 0 Å². The minimum absolute atomic E-state index is 0. The number of halogens is 1. The van der Waals surface area contributed by atoms with Crippen LogP contribution in [0.3, 0.4) is 0 Å². The molecule has 0 aliphatic heterocycles. The third-order valence-corrected chi connectivity index (χ3v) is 3.01. The number of carbonyl (C=O) groups is 1. The minimum Gasteiger partial charge on any atom is 0 e. The van der Waals surface area contributed by atoms with Crippen LogP contribution in [-0.4, -0.2) is 23.1 Å². The molecule has 8 heteroatoms. The van der Waals surface area contributed by atoms with E-state index in [4.69, 9.17) is 18.7 Å². The number of rotatable bonds is 3. The van der Waals surface area contributed by atoms with E-state index in [2.05, 4.69) is 35.9 Å². The standard InChI is InChI=1S/C13H18BrNO2.3CO.Cr/c1-9(2)15(10(3)4)13(16)17-12-8-6-5-7-11(12)14;3*1-2;/h5-10H,1-4H3;;;;. The van der Waals surface area contributed by atoms with Gasteiger partial charge in [0.15, 0.2) is 0 Å². The molecule has 0 spiro atoms. The summed E-state index contributed by atoms with van der Waals surface area (Å²) in [5, 5.41) is 0. The molecule has 0 unspecified atom stereocenters. The molecule has 6 nitrogen and oxygen atoms in total. The van der Waals surface area contributed by atoms with Gasteiger partial charge in [-0.2, -0.15) is 0 Å². The van der Waals surface area contributed by atoms with Gasteiger partial charge in [0.1, 0.15) is 5.75 Å². The van der Waals surface area contributed by atoms with Crippen LogP contribution < -0.4 is 4.74 Å². The first-order chi connectivity index (χ1) is 10.9. The van der Waals surface area contributed by atoms with Crippen molar-refractivity contribution in [2.24, 2.45) is 0 Å². The number of amides is 1. The van der Waals surface area contributed by atoms with E-state index in [0.717, 1.165) is 4.47 Å². The molecule has 0 fully saturated rings. The van der Waals surface area contributed by atoms with Crippen molar-refractivity contribution in [3.63, 3.8) is 0 Å². The first-order valence-electron chi connectivity index (χ1n) is 6.29. The predicted octanol–water partition coefficient (Wildman–Crippen LogP) is 3.95. The summed E-state index contributed by atoms with van der Waals surface area (Å²) in [5.74, 6) is 0.545. The van der Waals surface area contributed by atoms with Crippen LogP contribution >= 0.6 is 15.9 Å². The van der Waals surface area contributed by atoms with E-state index in [0.29, 0.717) is 5.75 Å². The minimum atomic E-state index is -0.318. The third kappa shape index (κ3) is 12.2. The number of benzene rings is 1. The van der Waals surface area contributed by atoms with Crippen molar-refractivity contribution in [2.45, 2.75) is 39.8 Å². The maximum atomic E-state index is 12.0. The number of para-hydroxylation sites is 1. The largest absolute Gasteiger partial charge is 0 e. The van der Waals surface area contributed by atoms with Gasteiger partial charge in [-0.25, -0.2) is 4.79 Å². The number of hydrogen-bond donors (Lipinski definition) is 0. The van der Waals surface area contributed by atoms with Crippen LogP contribution in [0.1, 0.15) is 27.7 Å². The van der Waals surface area contributed by atoms with E-state index >= 15 is 0 Å². The van der Waals surface area contributed by atoms with Crippen molar-refractivity contribution < 1.29 is 40.8 Å². The Bertz CT molecular complexity index is 492. The van der Waals surface area contributed by atoms with Gasteiger partial charge in [0, 0.05) is 29.4 Å². The molecular formula is C16H18BrCrNO5. The summed E-state index contributed by atoms with van der Waals surface area (Å²) in [6.45, 7) is 21.4. The maximum absolute atomic E-state index is 12.0. The van der Waals surface area contributed by atoms with E-state index in [1.807, 2.05) is 45.9 Å². The Morgan fingerprint density at radius 2 is 1.38 bits per heavy atom. The molecule has 0 radical (unpaired) electrons. The normalized spacial score (nSPS) is 7.88. The predicted molar refractivity (Wildman–Crippen MR) is 84.1 cm³/mol. The van der Waals surface area contributed by atoms with Crippen molar-refractivity contribution in [3.05, 3.63) is 48.7 Å². The van der Waals surface area contributed by atoms with Crippen LogP contribution in [0, 0.1) is 20.0 Å². The Labute approximate surface area is 162 Å². The van der Waals surface area contributed by atoms with Crippen molar-refractivity contribution in [2.75, 3.05) is 0 Å². The molecule has 1 aromatic rings. The third-order valence-electron chi connectivity index (χ3n) is 2.36. The smallest absolute Gasteiger partial charge is 0 e. The Kier molecular flexibility index (Phi) is 25.2. The van der Waals surface area contributed by atoms with Gasteiger partial charge in [-0.05, 0) is 55.8 Å². The molecule has 0 aliphatic carbocycles. The van der Waals surface area contributed by atoms with Gasteiger partial charge < -0.3 is 9.64 Å². The van der Waals surface area contributed by atoms with Crippen molar-refractivity contribution in [1.82, 2.24) is 4.90 Å². The first-order valence-corrected chi connectivity index (χ1v) is 7.08. The summed E-state index contributed by atoms with van der Waals surface area (Å²) in [7, 11) is 0. The Morgan fingerprint density at radius 3 is 1.71 bits per heavy atom. The zero-order valence-corrected chi connectivity index (χ0v) is 16.6. The van der Waals surface area contributed by atoms with Gasteiger partial charge in [-0.3, -0.25) is 0 Å². The zero-order valence-electron chi connectivity index (χ0n) is 13.7. The summed E-state index contributed by atoms with van der Waals surface area (Å²) >= 11 is 3.35. The second-order valence-corrected chi connectivity index (χ2v) is 5.25. The molecule has 130 valence electrons. The number of hydrogen-bond acceptors (Lipinski definition) is 2. The molecule has 1 aromatic carbocycles. The second kappa shape index (κ2) is 19.8. The molecule has 0 saturated heterocycles. The molecule has 0 atom stereocenters. The number of nitrogens with zero attached hydrogens (tertiary/aromatic N) is 1. The van der Waals surface area contributed by atoms with Gasteiger partial charge in [0.25, 0.3) is 0 Å². The molecule has 0 aliphatic rings. The van der Waals surface area contributed by atoms with E-state index < -0.39 is 0 Å². The summed E-state index contributed by atoms with van der Waals surface area (Å²) in [6, 6.07) is 7.56. The SMILES string of the molecule is CC(C)N(C(=O)Oc1ccccc1Br)C(C)C.[C-]#[O+].[C-]#[O+].[C-]#[O+].[Cr]. The molecule has 0 bridgehead atoms. The van der Waals surface area contributed by atoms with Crippen molar-refractivity contribution in [1.29, 1.82) is 0 Å². The van der Waals surface area contributed by atoms with Crippen LogP contribution in [-0.2, 0) is 31.3 Å². The molecule has 0 heterocycles.